The molecule has 8 nitrogen and oxygen atoms in total. The van der Waals surface area contributed by atoms with Crippen molar-refractivity contribution in [2.24, 2.45) is 0 Å². The quantitative estimate of drug-likeness (QED) is 0.715. The van der Waals surface area contributed by atoms with Crippen LogP contribution in [0.2, 0.25) is 0 Å². The van der Waals surface area contributed by atoms with Gasteiger partial charge in [-0.15, -0.1) is 11.8 Å². The third kappa shape index (κ3) is 4.91. The fourth-order valence-electron chi connectivity index (χ4n) is 5.34. The molecule has 4 heterocycles. The molecule has 2 atom stereocenters. The van der Waals surface area contributed by atoms with Crippen LogP contribution in [0.15, 0.2) is 24.3 Å². The molecule has 34 heavy (non-hydrogen) atoms. The molecule has 5 rings (SSSR count). The first-order valence-electron chi connectivity index (χ1n) is 12.3. The number of amides is 2. The smallest absolute Gasteiger partial charge is 0.411 e. The minimum Gasteiger partial charge on any atom is -0.444 e. The van der Waals surface area contributed by atoms with Gasteiger partial charge in [0.05, 0.1) is 16.9 Å². The van der Waals surface area contributed by atoms with E-state index in [9.17, 15) is 9.59 Å². The van der Waals surface area contributed by atoms with Gasteiger partial charge in [-0.2, -0.15) is 0 Å². The van der Waals surface area contributed by atoms with Crippen LogP contribution in [-0.2, 0) is 9.53 Å². The second-order valence-electron chi connectivity index (χ2n) is 10.6. The Hall–Kier alpha value is -2.26. The number of fused-ring (bicyclic) bond motifs is 1. The van der Waals surface area contributed by atoms with Crippen LogP contribution in [0.4, 0.5) is 4.79 Å². The number of carbonyl (C=O) groups is 2. The molecular weight excluding hydrogens is 450 g/mol. The number of aromatic nitrogens is 2. The lowest BCUT2D eigenvalue weighted by Crippen LogP contribution is -2.48. The van der Waals surface area contributed by atoms with Gasteiger partial charge in [-0.3, -0.25) is 14.6 Å². The van der Waals surface area contributed by atoms with E-state index in [1.165, 1.54) is 0 Å². The first kappa shape index (κ1) is 23.5. The van der Waals surface area contributed by atoms with Crippen molar-refractivity contribution in [3.05, 3.63) is 30.1 Å². The second-order valence-corrected chi connectivity index (χ2v) is 11.7. The summed E-state index contributed by atoms with van der Waals surface area (Å²) >= 11 is 1.77. The number of piperidine rings is 1. The summed E-state index contributed by atoms with van der Waals surface area (Å²) < 4.78 is 5.68. The fraction of sp³-hybridized carbons (Fsp3) is 0.640. The van der Waals surface area contributed by atoms with Crippen LogP contribution in [0, 0.1) is 0 Å². The number of benzene rings is 1. The second kappa shape index (κ2) is 9.41. The highest BCUT2D eigenvalue weighted by Crippen LogP contribution is 2.33. The molecule has 3 fully saturated rings. The maximum absolute atomic E-state index is 13.3. The number of nitrogens with zero attached hydrogens (tertiary/aromatic N) is 4. The summed E-state index contributed by atoms with van der Waals surface area (Å²) in [4.78, 5) is 40.7. The highest BCUT2D eigenvalue weighted by atomic mass is 32.2. The Kier molecular flexibility index (Phi) is 6.50. The van der Waals surface area contributed by atoms with Crippen LogP contribution in [-0.4, -0.2) is 92.2 Å². The van der Waals surface area contributed by atoms with E-state index in [1.807, 2.05) is 43.9 Å². The Morgan fingerprint density at radius 3 is 2.59 bits per heavy atom. The number of ether oxygens (including phenoxy) is 1. The lowest BCUT2D eigenvalue weighted by molar-refractivity contribution is -0.134. The van der Waals surface area contributed by atoms with Crippen molar-refractivity contribution in [1.29, 1.82) is 0 Å². The predicted molar refractivity (Wildman–Crippen MR) is 134 cm³/mol. The van der Waals surface area contributed by atoms with E-state index in [0.29, 0.717) is 24.8 Å². The molecule has 0 unspecified atom stereocenters. The number of rotatable bonds is 3. The SMILES string of the molecule is CC(C)(C)OC(=O)N1C[C@@H](N2CCC(c3nc4ccccc4[nH]3)CC2)C[C@H]1C(=O)N1CCSC1. The van der Waals surface area contributed by atoms with Crippen molar-refractivity contribution in [2.45, 2.75) is 63.6 Å². The van der Waals surface area contributed by atoms with Gasteiger partial charge in [-0.25, -0.2) is 9.78 Å². The number of hydrogen-bond donors (Lipinski definition) is 1. The number of likely N-dealkylation sites (tertiary alicyclic amines) is 2. The zero-order chi connectivity index (χ0) is 23.9. The van der Waals surface area contributed by atoms with Gasteiger partial charge in [-0.05, 0) is 65.3 Å². The lowest BCUT2D eigenvalue weighted by atomic mass is 9.94. The molecule has 0 spiro atoms. The largest absolute Gasteiger partial charge is 0.444 e. The Morgan fingerprint density at radius 2 is 1.91 bits per heavy atom. The number of para-hydroxylation sites is 2. The number of hydrogen-bond acceptors (Lipinski definition) is 6. The maximum atomic E-state index is 13.3. The summed E-state index contributed by atoms with van der Waals surface area (Å²) in [5.74, 6) is 3.22. The number of aromatic amines is 1. The van der Waals surface area contributed by atoms with E-state index >= 15 is 0 Å². The molecule has 0 radical (unpaired) electrons. The van der Waals surface area contributed by atoms with E-state index in [1.54, 1.807) is 16.7 Å². The van der Waals surface area contributed by atoms with Crippen LogP contribution in [0.3, 0.4) is 0 Å². The molecule has 3 aliphatic heterocycles. The van der Waals surface area contributed by atoms with Gasteiger partial charge in [0.25, 0.3) is 0 Å². The third-order valence-electron chi connectivity index (χ3n) is 7.10. The van der Waals surface area contributed by atoms with Crippen LogP contribution >= 0.6 is 11.8 Å². The Labute approximate surface area is 205 Å². The summed E-state index contributed by atoms with van der Waals surface area (Å²) in [5, 5.41) is 0. The van der Waals surface area contributed by atoms with Gasteiger partial charge in [0.2, 0.25) is 5.91 Å². The highest BCUT2D eigenvalue weighted by Gasteiger charge is 2.45. The van der Waals surface area contributed by atoms with Crippen molar-refractivity contribution < 1.29 is 14.3 Å². The van der Waals surface area contributed by atoms with E-state index < -0.39 is 11.6 Å². The highest BCUT2D eigenvalue weighted by molar-refractivity contribution is 7.99. The number of thioether (sulfide) groups is 1. The molecule has 0 saturated carbocycles. The number of carbonyl (C=O) groups excluding carboxylic acids is 2. The van der Waals surface area contributed by atoms with E-state index in [4.69, 9.17) is 9.72 Å². The average Bonchev–Trinajstić information content (AvgIpc) is 3.57. The standard InChI is InChI=1S/C25H35N5O3S/c1-25(2,3)33-24(32)30-15-18(14-21(30)23(31)29-12-13-34-16-29)28-10-8-17(9-11-28)22-26-19-6-4-5-7-20(19)27-22/h4-7,17-18,21H,8-16H2,1-3H3,(H,26,27)/t18-,21-/m0/s1. The fourth-order valence-corrected chi connectivity index (χ4v) is 6.29. The average molecular weight is 486 g/mol. The van der Waals surface area contributed by atoms with Crippen molar-refractivity contribution in [3.63, 3.8) is 0 Å². The van der Waals surface area contributed by atoms with Crippen LogP contribution < -0.4 is 0 Å². The zero-order valence-electron chi connectivity index (χ0n) is 20.3. The lowest BCUT2D eigenvalue weighted by Gasteiger charge is -2.35. The molecule has 1 aromatic heterocycles. The first-order valence-corrected chi connectivity index (χ1v) is 13.5. The summed E-state index contributed by atoms with van der Waals surface area (Å²) in [6, 6.07) is 7.90. The van der Waals surface area contributed by atoms with E-state index in [2.05, 4.69) is 16.0 Å². The van der Waals surface area contributed by atoms with Gasteiger partial charge >= 0.3 is 6.09 Å². The van der Waals surface area contributed by atoms with Crippen molar-refractivity contribution in [2.75, 3.05) is 37.8 Å². The zero-order valence-corrected chi connectivity index (χ0v) is 21.1. The van der Waals surface area contributed by atoms with Gasteiger partial charge in [0, 0.05) is 30.8 Å². The molecule has 0 bridgehead atoms. The summed E-state index contributed by atoms with van der Waals surface area (Å²) in [6.45, 7) is 8.79. The molecular formula is C25H35N5O3S. The number of imidazole rings is 1. The molecule has 2 amide bonds. The predicted octanol–water partition coefficient (Wildman–Crippen LogP) is 3.65. The van der Waals surface area contributed by atoms with Gasteiger partial charge in [0.15, 0.2) is 0 Å². The molecule has 9 heteroatoms. The number of nitrogens with one attached hydrogen (secondary N) is 1. The normalized spacial score (nSPS) is 24.8. The molecule has 3 aliphatic rings. The Bertz CT molecular complexity index is 1000. The molecule has 2 aromatic rings. The first-order chi connectivity index (χ1) is 16.3. The van der Waals surface area contributed by atoms with Crippen LogP contribution in [0.25, 0.3) is 11.0 Å². The van der Waals surface area contributed by atoms with Crippen LogP contribution in [0.5, 0.6) is 0 Å². The Balaban J connectivity index is 1.26. The molecule has 3 saturated heterocycles. The molecule has 184 valence electrons. The Morgan fingerprint density at radius 1 is 1.15 bits per heavy atom. The van der Waals surface area contributed by atoms with E-state index in [-0.39, 0.29) is 18.0 Å². The monoisotopic (exact) mass is 485 g/mol. The third-order valence-corrected chi connectivity index (χ3v) is 8.06. The van der Waals surface area contributed by atoms with Crippen molar-refractivity contribution in [3.8, 4) is 0 Å². The van der Waals surface area contributed by atoms with Crippen LogP contribution in [0.1, 0.15) is 51.8 Å². The molecule has 0 aliphatic carbocycles. The van der Waals surface area contributed by atoms with Crippen molar-refractivity contribution >= 4 is 34.8 Å². The van der Waals surface area contributed by atoms with Crippen molar-refractivity contribution in [1.82, 2.24) is 24.7 Å². The number of H-pyrrole nitrogens is 1. The minimum absolute atomic E-state index is 0.0653. The summed E-state index contributed by atoms with van der Waals surface area (Å²) in [5.41, 5.74) is 1.52. The molecule has 1 N–H and O–H groups in total. The van der Waals surface area contributed by atoms with Gasteiger partial charge < -0.3 is 14.6 Å². The van der Waals surface area contributed by atoms with E-state index in [0.717, 1.165) is 55.1 Å². The van der Waals surface area contributed by atoms with Gasteiger partial charge in [0.1, 0.15) is 17.5 Å². The minimum atomic E-state index is -0.586. The summed E-state index contributed by atoms with van der Waals surface area (Å²) in [6.07, 6.45) is 2.33. The van der Waals surface area contributed by atoms with Gasteiger partial charge in [-0.1, -0.05) is 12.1 Å². The molecule has 1 aromatic carbocycles. The maximum Gasteiger partial charge on any atom is 0.411 e. The topological polar surface area (TPSA) is 81.8 Å². The summed E-state index contributed by atoms with van der Waals surface area (Å²) in [7, 11) is 0.